The number of carboxylic acids is 1. The van der Waals surface area contributed by atoms with Crippen molar-refractivity contribution in [3.05, 3.63) is 11.6 Å². The minimum atomic E-state index is -1.12. The molecule has 0 heterocycles. The molecule has 0 spiro atoms. The molecule has 0 aromatic heterocycles. The molecule has 5 nitrogen and oxygen atoms in total. The monoisotopic (exact) mass is 187 g/mol. The molecule has 0 unspecified atom stereocenters. The first-order valence-corrected chi connectivity index (χ1v) is 4.06. The highest BCUT2D eigenvalue weighted by molar-refractivity contribution is 5.86. The van der Waals surface area contributed by atoms with Gasteiger partial charge in [0.2, 0.25) is 0 Å². The van der Waals surface area contributed by atoms with Gasteiger partial charge in [-0.3, -0.25) is 0 Å². The van der Waals surface area contributed by atoms with Gasteiger partial charge in [-0.25, -0.2) is 4.79 Å². The van der Waals surface area contributed by atoms with E-state index in [4.69, 9.17) is 10.8 Å². The van der Waals surface area contributed by atoms with Crippen LogP contribution in [0.15, 0.2) is 11.6 Å². The third kappa shape index (κ3) is 2.06. The van der Waals surface area contributed by atoms with Crippen molar-refractivity contribution in [1.29, 1.82) is 0 Å². The van der Waals surface area contributed by atoms with Crippen molar-refractivity contribution in [2.24, 2.45) is 11.7 Å². The summed E-state index contributed by atoms with van der Waals surface area (Å²) in [7, 11) is 0. The van der Waals surface area contributed by atoms with Crippen molar-refractivity contribution in [2.75, 3.05) is 6.54 Å². The van der Waals surface area contributed by atoms with Crippen LogP contribution in [-0.2, 0) is 4.79 Å². The highest BCUT2D eigenvalue weighted by atomic mass is 16.4. The second kappa shape index (κ2) is 3.87. The van der Waals surface area contributed by atoms with Crippen LogP contribution in [0.5, 0.6) is 0 Å². The standard InChI is InChI=1S/C8H13NO4/c9-3-5-1-4(8(12)13)2-6(10)7(5)11/h2,5-7,10-11H,1,3,9H2,(H,12,13)/t5-,6-,7+/m0/s1. The van der Waals surface area contributed by atoms with Gasteiger partial charge >= 0.3 is 5.97 Å². The molecule has 13 heavy (non-hydrogen) atoms. The molecule has 5 N–H and O–H groups in total. The first-order valence-electron chi connectivity index (χ1n) is 4.06. The average molecular weight is 187 g/mol. The first-order chi connectivity index (χ1) is 6.06. The molecule has 0 aromatic rings. The smallest absolute Gasteiger partial charge is 0.331 e. The molecule has 1 aliphatic carbocycles. The Morgan fingerprint density at radius 1 is 1.62 bits per heavy atom. The fourth-order valence-electron chi connectivity index (χ4n) is 1.44. The summed E-state index contributed by atoms with van der Waals surface area (Å²) in [6.45, 7) is 0.169. The Kier molecular flexibility index (Phi) is 3.02. The zero-order chi connectivity index (χ0) is 10.0. The van der Waals surface area contributed by atoms with Crippen LogP contribution in [-0.4, -0.2) is 40.0 Å². The molecule has 0 fully saturated rings. The van der Waals surface area contributed by atoms with Gasteiger partial charge in [0.25, 0.3) is 0 Å². The lowest BCUT2D eigenvalue weighted by molar-refractivity contribution is -0.133. The van der Waals surface area contributed by atoms with Gasteiger partial charge in [0.15, 0.2) is 0 Å². The molecule has 5 heteroatoms. The Bertz CT molecular complexity index is 238. The van der Waals surface area contributed by atoms with Crippen LogP contribution in [0.4, 0.5) is 0 Å². The van der Waals surface area contributed by atoms with E-state index in [1.54, 1.807) is 0 Å². The van der Waals surface area contributed by atoms with E-state index >= 15 is 0 Å². The highest BCUT2D eigenvalue weighted by Gasteiger charge is 2.31. The molecule has 0 aromatic carbocycles. The summed E-state index contributed by atoms with van der Waals surface area (Å²) in [5.74, 6) is -1.43. The lowest BCUT2D eigenvalue weighted by Crippen LogP contribution is -2.40. The lowest BCUT2D eigenvalue weighted by atomic mass is 9.85. The van der Waals surface area contributed by atoms with Crippen LogP contribution >= 0.6 is 0 Å². The van der Waals surface area contributed by atoms with Gasteiger partial charge in [-0.15, -0.1) is 0 Å². The predicted octanol–water partition coefficient (Wildman–Crippen LogP) is -1.30. The molecule has 0 saturated carbocycles. The number of nitrogens with two attached hydrogens (primary N) is 1. The lowest BCUT2D eigenvalue weighted by Gasteiger charge is -2.28. The fourth-order valence-corrected chi connectivity index (χ4v) is 1.44. The van der Waals surface area contributed by atoms with E-state index in [0.717, 1.165) is 0 Å². The van der Waals surface area contributed by atoms with Crippen molar-refractivity contribution in [1.82, 2.24) is 0 Å². The van der Waals surface area contributed by atoms with Crippen LogP contribution < -0.4 is 5.73 Å². The third-order valence-electron chi connectivity index (χ3n) is 2.26. The molecule has 1 aliphatic rings. The summed E-state index contributed by atoms with van der Waals surface area (Å²) >= 11 is 0. The molecule has 0 bridgehead atoms. The summed E-state index contributed by atoms with van der Waals surface area (Å²) in [6, 6.07) is 0. The Morgan fingerprint density at radius 3 is 2.69 bits per heavy atom. The van der Waals surface area contributed by atoms with Crippen molar-refractivity contribution in [2.45, 2.75) is 18.6 Å². The maximum absolute atomic E-state index is 10.6. The maximum atomic E-state index is 10.6. The van der Waals surface area contributed by atoms with Gasteiger partial charge < -0.3 is 21.1 Å². The molecular formula is C8H13NO4. The Balaban J connectivity index is 2.81. The van der Waals surface area contributed by atoms with Crippen molar-refractivity contribution >= 4 is 5.97 Å². The molecule has 0 radical (unpaired) electrons. The molecular weight excluding hydrogens is 174 g/mol. The van der Waals surface area contributed by atoms with Gasteiger partial charge in [0.1, 0.15) is 0 Å². The average Bonchev–Trinajstić information content (AvgIpc) is 2.09. The van der Waals surface area contributed by atoms with Crippen molar-refractivity contribution < 1.29 is 20.1 Å². The van der Waals surface area contributed by atoms with Crippen LogP contribution in [0.3, 0.4) is 0 Å². The Morgan fingerprint density at radius 2 is 2.23 bits per heavy atom. The number of hydrogen-bond donors (Lipinski definition) is 4. The van der Waals surface area contributed by atoms with Gasteiger partial charge in [-0.05, 0) is 19.0 Å². The minimum absolute atomic E-state index is 0.119. The van der Waals surface area contributed by atoms with Crippen LogP contribution in [0.2, 0.25) is 0 Å². The van der Waals surface area contributed by atoms with E-state index in [2.05, 4.69) is 0 Å². The molecule has 74 valence electrons. The van der Waals surface area contributed by atoms with Gasteiger partial charge in [-0.2, -0.15) is 0 Å². The molecule has 0 aliphatic heterocycles. The highest BCUT2D eigenvalue weighted by Crippen LogP contribution is 2.24. The molecule has 3 atom stereocenters. The van der Waals surface area contributed by atoms with Gasteiger partial charge in [-0.1, -0.05) is 0 Å². The number of hydrogen-bond acceptors (Lipinski definition) is 4. The summed E-state index contributed by atoms with van der Waals surface area (Å²) in [4.78, 5) is 10.6. The SMILES string of the molecule is NC[C@@H]1CC(C(=O)O)=C[C@H](O)[C@@H]1O. The van der Waals surface area contributed by atoms with Crippen molar-refractivity contribution in [3.63, 3.8) is 0 Å². The zero-order valence-corrected chi connectivity index (χ0v) is 7.05. The minimum Gasteiger partial charge on any atom is -0.478 e. The Labute approximate surface area is 75.5 Å². The van der Waals surface area contributed by atoms with Crippen LogP contribution in [0.1, 0.15) is 6.42 Å². The number of carboxylic acid groups (broad SMARTS) is 1. The number of aliphatic hydroxyl groups is 2. The van der Waals surface area contributed by atoms with Crippen molar-refractivity contribution in [3.8, 4) is 0 Å². The van der Waals surface area contributed by atoms with E-state index in [1.807, 2.05) is 0 Å². The third-order valence-corrected chi connectivity index (χ3v) is 2.26. The molecule has 0 amide bonds. The van der Waals surface area contributed by atoms with E-state index in [-0.39, 0.29) is 24.5 Å². The maximum Gasteiger partial charge on any atom is 0.331 e. The summed E-state index contributed by atoms with van der Waals surface area (Å²) in [5.41, 5.74) is 5.45. The van der Waals surface area contributed by atoms with Gasteiger partial charge in [0.05, 0.1) is 12.2 Å². The topological polar surface area (TPSA) is 104 Å². The van der Waals surface area contributed by atoms with E-state index in [0.29, 0.717) is 0 Å². The van der Waals surface area contributed by atoms with Gasteiger partial charge in [0, 0.05) is 11.5 Å². The number of aliphatic hydroxyl groups excluding tert-OH is 2. The number of rotatable bonds is 2. The normalized spacial score (nSPS) is 34.1. The number of carbonyl (C=O) groups is 1. The second-order valence-electron chi connectivity index (χ2n) is 3.18. The first kappa shape index (κ1) is 10.2. The molecule has 0 saturated heterocycles. The van der Waals surface area contributed by atoms with Crippen LogP contribution in [0.25, 0.3) is 0 Å². The van der Waals surface area contributed by atoms with Crippen LogP contribution in [0, 0.1) is 5.92 Å². The van der Waals surface area contributed by atoms with E-state index in [1.165, 1.54) is 6.08 Å². The summed E-state index contributed by atoms with van der Waals surface area (Å²) < 4.78 is 0. The summed E-state index contributed by atoms with van der Waals surface area (Å²) in [5, 5.41) is 27.3. The van der Waals surface area contributed by atoms with E-state index in [9.17, 15) is 15.0 Å². The fraction of sp³-hybridized carbons (Fsp3) is 0.625. The summed E-state index contributed by atoms with van der Waals surface area (Å²) in [6.07, 6.45) is -0.690. The zero-order valence-electron chi connectivity index (χ0n) is 7.05. The Hall–Kier alpha value is -0.910. The largest absolute Gasteiger partial charge is 0.478 e. The van der Waals surface area contributed by atoms with E-state index < -0.39 is 18.2 Å². The quantitative estimate of drug-likeness (QED) is 0.430. The number of aliphatic carboxylic acids is 1. The second-order valence-corrected chi connectivity index (χ2v) is 3.18. The molecule has 1 rings (SSSR count). The predicted molar refractivity (Wildman–Crippen MR) is 44.9 cm³/mol.